The molecular formula is C20H14N2OS. The third-order valence-corrected chi connectivity index (χ3v) is 5.59. The topological polar surface area (TPSA) is 34.9 Å². The normalized spacial score (nSPS) is 12.8. The van der Waals surface area contributed by atoms with Gasteiger partial charge in [-0.3, -0.25) is 9.36 Å². The minimum Gasteiger partial charge on any atom is -0.296 e. The van der Waals surface area contributed by atoms with E-state index in [0.29, 0.717) is 5.69 Å². The first-order valence-corrected chi connectivity index (χ1v) is 8.85. The Hall–Kier alpha value is -2.72. The van der Waals surface area contributed by atoms with Crippen LogP contribution in [-0.2, 0) is 12.8 Å². The summed E-state index contributed by atoms with van der Waals surface area (Å²) in [5.41, 5.74) is 5.63. The molecule has 116 valence electrons. The van der Waals surface area contributed by atoms with Crippen molar-refractivity contribution < 1.29 is 4.79 Å². The number of rotatable bonds is 3. The summed E-state index contributed by atoms with van der Waals surface area (Å²) in [7, 11) is 0. The lowest BCUT2D eigenvalue weighted by Crippen LogP contribution is -1.96. The molecule has 0 atom stereocenters. The lowest BCUT2D eigenvalue weighted by molar-refractivity contribution is 0.111. The first-order valence-electron chi connectivity index (χ1n) is 7.97. The van der Waals surface area contributed by atoms with E-state index < -0.39 is 0 Å². The van der Waals surface area contributed by atoms with Crippen molar-refractivity contribution >= 4 is 28.4 Å². The van der Waals surface area contributed by atoms with Gasteiger partial charge in [0.1, 0.15) is 0 Å². The van der Waals surface area contributed by atoms with Crippen LogP contribution in [0.4, 0.5) is 0 Å². The molecule has 0 unspecified atom stereocenters. The van der Waals surface area contributed by atoms with Gasteiger partial charge in [-0.25, -0.2) is 4.98 Å². The molecule has 1 aliphatic carbocycles. The minimum atomic E-state index is 0.622. The van der Waals surface area contributed by atoms with E-state index in [0.717, 1.165) is 30.0 Å². The number of hydrogen-bond acceptors (Lipinski definition) is 3. The number of thiazole rings is 1. The molecule has 0 amide bonds. The zero-order valence-electron chi connectivity index (χ0n) is 12.9. The molecule has 0 fully saturated rings. The van der Waals surface area contributed by atoms with Crippen LogP contribution in [0.3, 0.4) is 0 Å². The number of hydrogen-bond donors (Lipinski definition) is 0. The van der Waals surface area contributed by atoms with E-state index in [2.05, 4.69) is 35.7 Å². The molecular weight excluding hydrogens is 316 g/mol. The molecule has 2 aromatic heterocycles. The second-order valence-electron chi connectivity index (χ2n) is 6.05. The monoisotopic (exact) mass is 330 g/mol. The molecule has 1 aliphatic rings. The summed E-state index contributed by atoms with van der Waals surface area (Å²) < 4.78 is 1.83. The van der Waals surface area contributed by atoms with Gasteiger partial charge in [-0.2, -0.15) is 0 Å². The number of aryl methyl sites for hydroxylation is 2. The van der Waals surface area contributed by atoms with Crippen molar-refractivity contribution in [2.75, 3.05) is 0 Å². The molecule has 2 heterocycles. The molecule has 24 heavy (non-hydrogen) atoms. The SMILES string of the molecule is O=Cc1cccn1-c1nc(-c2ccc3c4c(cccc24)CC3)cs1. The summed E-state index contributed by atoms with van der Waals surface area (Å²) in [6.07, 6.45) is 4.99. The molecule has 0 aliphatic heterocycles. The van der Waals surface area contributed by atoms with Gasteiger partial charge >= 0.3 is 0 Å². The molecule has 0 saturated heterocycles. The van der Waals surface area contributed by atoms with E-state index in [1.165, 1.54) is 27.5 Å². The highest BCUT2D eigenvalue weighted by molar-refractivity contribution is 7.12. The van der Waals surface area contributed by atoms with Crippen molar-refractivity contribution in [2.24, 2.45) is 0 Å². The van der Waals surface area contributed by atoms with Crippen LogP contribution >= 0.6 is 11.3 Å². The molecule has 4 heteroatoms. The number of carbonyl (C=O) groups is 1. The van der Waals surface area contributed by atoms with E-state index in [1.54, 1.807) is 17.4 Å². The summed E-state index contributed by atoms with van der Waals surface area (Å²) in [4.78, 5) is 15.9. The zero-order valence-corrected chi connectivity index (χ0v) is 13.7. The predicted octanol–water partition coefficient (Wildman–Crippen LogP) is 4.67. The van der Waals surface area contributed by atoms with Crippen LogP contribution in [-0.4, -0.2) is 15.8 Å². The maximum Gasteiger partial charge on any atom is 0.194 e. The maximum atomic E-state index is 11.2. The Morgan fingerprint density at radius 3 is 2.79 bits per heavy atom. The Morgan fingerprint density at radius 1 is 1.04 bits per heavy atom. The van der Waals surface area contributed by atoms with Crippen molar-refractivity contribution in [1.82, 2.24) is 9.55 Å². The minimum absolute atomic E-state index is 0.622. The van der Waals surface area contributed by atoms with Crippen molar-refractivity contribution in [3.63, 3.8) is 0 Å². The molecule has 0 spiro atoms. The summed E-state index contributed by atoms with van der Waals surface area (Å²) in [6, 6.07) is 14.6. The lowest BCUT2D eigenvalue weighted by atomic mass is 9.99. The smallest absolute Gasteiger partial charge is 0.194 e. The highest BCUT2D eigenvalue weighted by Crippen LogP contribution is 2.37. The number of aromatic nitrogens is 2. The largest absolute Gasteiger partial charge is 0.296 e. The highest BCUT2D eigenvalue weighted by atomic mass is 32.1. The van der Waals surface area contributed by atoms with E-state index in [-0.39, 0.29) is 0 Å². The maximum absolute atomic E-state index is 11.2. The van der Waals surface area contributed by atoms with Crippen molar-refractivity contribution in [1.29, 1.82) is 0 Å². The number of benzene rings is 2. The van der Waals surface area contributed by atoms with E-state index in [1.807, 2.05) is 16.8 Å². The van der Waals surface area contributed by atoms with Crippen molar-refractivity contribution in [2.45, 2.75) is 12.8 Å². The second kappa shape index (κ2) is 5.14. The zero-order chi connectivity index (χ0) is 16.1. The number of nitrogens with zero attached hydrogens (tertiary/aromatic N) is 2. The lowest BCUT2D eigenvalue weighted by Gasteiger charge is -2.07. The van der Waals surface area contributed by atoms with Crippen LogP contribution < -0.4 is 0 Å². The molecule has 0 N–H and O–H groups in total. The molecule has 0 radical (unpaired) electrons. The van der Waals surface area contributed by atoms with Gasteiger partial charge in [-0.05, 0) is 46.9 Å². The van der Waals surface area contributed by atoms with Gasteiger partial charge in [-0.15, -0.1) is 11.3 Å². The average molecular weight is 330 g/mol. The van der Waals surface area contributed by atoms with E-state index >= 15 is 0 Å². The average Bonchev–Trinajstić information content (AvgIpc) is 3.35. The van der Waals surface area contributed by atoms with Gasteiger partial charge in [0.05, 0.1) is 11.4 Å². The molecule has 0 saturated carbocycles. The van der Waals surface area contributed by atoms with Crippen molar-refractivity contribution in [3.8, 4) is 16.4 Å². The third kappa shape index (κ3) is 1.90. The van der Waals surface area contributed by atoms with Gasteiger partial charge in [-0.1, -0.05) is 30.3 Å². The first-order chi connectivity index (χ1) is 11.8. The molecule has 4 aromatic rings. The fourth-order valence-corrected chi connectivity index (χ4v) is 4.46. The van der Waals surface area contributed by atoms with Gasteiger partial charge in [0.15, 0.2) is 11.4 Å². The van der Waals surface area contributed by atoms with E-state index in [9.17, 15) is 4.79 Å². The highest BCUT2D eigenvalue weighted by Gasteiger charge is 2.18. The van der Waals surface area contributed by atoms with E-state index in [4.69, 9.17) is 4.98 Å². The van der Waals surface area contributed by atoms with Gasteiger partial charge in [0.25, 0.3) is 0 Å². The van der Waals surface area contributed by atoms with Crippen LogP contribution in [0.2, 0.25) is 0 Å². The van der Waals surface area contributed by atoms with Crippen molar-refractivity contribution in [3.05, 3.63) is 70.9 Å². The fraction of sp³-hybridized carbons (Fsp3) is 0.100. The Bertz CT molecular complexity index is 1080. The Morgan fingerprint density at radius 2 is 1.92 bits per heavy atom. The number of carbonyl (C=O) groups excluding carboxylic acids is 1. The Labute approximate surface area is 143 Å². The van der Waals surface area contributed by atoms with Crippen LogP contribution in [0, 0.1) is 0 Å². The molecule has 0 bridgehead atoms. The standard InChI is InChI=1S/C20H14N2OS/c23-11-15-4-2-10-22(15)20-21-18(12-24-20)16-9-8-14-7-6-13-3-1-5-17(16)19(13)14/h1-5,8-12H,6-7H2. The Kier molecular flexibility index (Phi) is 2.94. The third-order valence-electron chi connectivity index (χ3n) is 4.75. The summed E-state index contributed by atoms with van der Waals surface area (Å²) >= 11 is 1.56. The van der Waals surface area contributed by atoms with Crippen LogP contribution in [0.15, 0.2) is 54.0 Å². The summed E-state index contributed by atoms with van der Waals surface area (Å²) in [5.74, 6) is 0. The number of aldehydes is 1. The van der Waals surface area contributed by atoms with Gasteiger partial charge in [0, 0.05) is 17.1 Å². The van der Waals surface area contributed by atoms with Crippen LogP contribution in [0.5, 0.6) is 0 Å². The van der Waals surface area contributed by atoms with Crippen LogP contribution in [0.25, 0.3) is 27.2 Å². The second-order valence-corrected chi connectivity index (χ2v) is 6.88. The Balaban J connectivity index is 1.69. The first kappa shape index (κ1) is 13.7. The predicted molar refractivity (Wildman–Crippen MR) is 97.2 cm³/mol. The summed E-state index contributed by atoms with van der Waals surface area (Å²) in [5, 5.41) is 5.57. The fourth-order valence-electron chi connectivity index (χ4n) is 3.63. The molecule has 5 rings (SSSR count). The van der Waals surface area contributed by atoms with Gasteiger partial charge < -0.3 is 0 Å². The summed E-state index contributed by atoms with van der Waals surface area (Å²) in [6.45, 7) is 0. The van der Waals surface area contributed by atoms with Crippen LogP contribution in [0.1, 0.15) is 21.6 Å². The quantitative estimate of drug-likeness (QED) is 0.512. The molecule has 2 aromatic carbocycles. The molecule has 3 nitrogen and oxygen atoms in total. The van der Waals surface area contributed by atoms with Gasteiger partial charge in [0.2, 0.25) is 0 Å².